The normalized spacial score (nSPS) is 20.4. The minimum atomic E-state index is -0.865. The summed E-state index contributed by atoms with van der Waals surface area (Å²) in [6.45, 7) is 0. The van der Waals surface area contributed by atoms with Gasteiger partial charge in [0.2, 0.25) is 0 Å². The van der Waals surface area contributed by atoms with Gasteiger partial charge in [-0.1, -0.05) is 12.1 Å². The quantitative estimate of drug-likeness (QED) is 0.482. The number of benzene rings is 1. The highest BCUT2D eigenvalue weighted by atomic mass is 16.7. The van der Waals surface area contributed by atoms with Gasteiger partial charge < -0.3 is 10.6 Å². The van der Waals surface area contributed by atoms with E-state index in [0.717, 1.165) is 0 Å². The number of rotatable bonds is 1. The highest BCUT2D eigenvalue weighted by Gasteiger charge is 2.36. The maximum Gasteiger partial charge on any atom is 0.349 e. The molecule has 0 spiro atoms. The van der Waals surface area contributed by atoms with E-state index < -0.39 is 17.8 Å². The molecule has 0 radical (unpaired) electrons. The summed E-state index contributed by atoms with van der Waals surface area (Å²) in [5.74, 6) is -1.89. The van der Waals surface area contributed by atoms with E-state index in [2.05, 4.69) is 4.84 Å². The zero-order valence-electron chi connectivity index (χ0n) is 7.19. The van der Waals surface area contributed by atoms with E-state index in [9.17, 15) is 9.59 Å². The Bertz CT molecular complexity index is 370. The predicted octanol–water partition coefficient (Wildman–Crippen LogP) is -0.0596. The molecule has 1 fully saturated rings. The molecule has 1 aliphatic heterocycles. The number of hydrogen-bond acceptors (Lipinski definition) is 4. The first-order chi connectivity index (χ1) is 6.68. The van der Waals surface area contributed by atoms with Crippen molar-refractivity contribution < 1.29 is 14.4 Å². The summed E-state index contributed by atoms with van der Waals surface area (Å²) < 4.78 is 0. The largest absolute Gasteiger partial charge is 0.399 e. The average molecular weight is 192 g/mol. The summed E-state index contributed by atoms with van der Waals surface area (Å²) in [5, 5.41) is 0. The molecule has 14 heavy (non-hydrogen) atoms. The number of anilines is 1. The van der Waals surface area contributed by atoms with Crippen LogP contribution in [0.25, 0.3) is 0 Å². The van der Waals surface area contributed by atoms with E-state index in [1.54, 1.807) is 24.3 Å². The van der Waals surface area contributed by atoms with E-state index in [0.29, 0.717) is 11.3 Å². The molecule has 2 rings (SSSR count). The van der Waals surface area contributed by atoms with Gasteiger partial charge in [0.15, 0.2) is 5.92 Å². The van der Waals surface area contributed by atoms with Gasteiger partial charge in [-0.05, 0) is 17.7 Å². The SMILES string of the molecule is Nc1ccc(C2C(=O)NOC2=O)cc1. The average Bonchev–Trinajstić information content (AvgIpc) is 2.49. The molecule has 1 aromatic carbocycles. The van der Waals surface area contributed by atoms with E-state index >= 15 is 0 Å². The minimum Gasteiger partial charge on any atom is -0.399 e. The van der Waals surface area contributed by atoms with Gasteiger partial charge in [0.05, 0.1) is 0 Å². The Balaban J connectivity index is 2.34. The first-order valence-electron chi connectivity index (χ1n) is 4.04. The number of nitrogen functional groups attached to an aromatic ring is 1. The molecule has 1 saturated heterocycles. The maximum atomic E-state index is 11.2. The van der Waals surface area contributed by atoms with Crippen LogP contribution in [0.3, 0.4) is 0 Å². The molecule has 0 bridgehead atoms. The molecule has 0 saturated carbocycles. The molecule has 1 amide bonds. The van der Waals surface area contributed by atoms with E-state index in [4.69, 9.17) is 5.73 Å². The number of carbonyl (C=O) groups is 2. The predicted molar refractivity (Wildman–Crippen MR) is 47.8 cm³/mol. The molecule has 1 heterocycles. The van der Waals surface area contributed by atoms with Crippen molar-refractivity contribution in [3.05, 3.63) is 29.8 Å². The molecular weight excluding hydrogens is 184 g/mol. The highest BCUT2D eigenvalue weighted by Crippen LogP contribution is 2.22. The number of amides is 1. The first-order valence-corrected chi connectivity index (χ1v) is 4.04. The third-order valence-electron chi connectivity index (χ3n) is 2.02. The number of carbonyl (C=O) groups excluding carboxylic acids is 2. The molecule has 1 aliphatic rings. The molecular formula is C9H8N2O3. The Hall–Kier alpha value is -2.04. The minimum absolute atomic E-state index is 0.445. The van der Waals surface area contributed by atoms with Gasteiger partial charge in [-0.25, -0.2) is 4.79 Å². The molecule has 1 atom stereocenters. The van der Waals surface area contributed by atoms with E-state index in [1.165, 1.54) is 0 Å². The van der Waals surface area contributed by atoms with Crippen molar-refractivity contribution >= 4 is 17.6 Å². The van der Waals surface area contributed by atoms with Crippen LogP contribution < -0.4 is 11.2 Å². The zero-order valence-corrected chi connectivity index (χ0v) is 7.19. The summed E-state index contributed by atoms with van der Waals surface area (Å²) in [7, 11) is 0. The van der Waals surface area contributed by atoms with Crippen LogP contribution in [-0.2, 0) is 14.4 Å². The van der Waals surface area contributed by atoms with Crippen LogP contribution in [0.1, 0.15) is 11.5 Å². The van der Waals surface area contributed by atoms with E-state index in [1.807, 2.05) is 5.48 Å². The van der Waals surface area contributed by atoms with Gasteiger partial charge in [-0.3, -0.25) is 4.79 Å². The Morgan fingerprint density at radius 1 is 1.21 bits per heavy atom. The van der Waals surface area contributed by atoms with Crippen molar-refractivity contribution in [2.75, 3.05) is 5.73 Å². The van der Waals surface area contributed by atoms with E-state index in [-0.39, 0.29) is 0 Å². The lowest BCUT2D eigenvalue weighted by molar-refractivity contribution is -0.144. The second kappa shape index (κ2) is 3.02. The first kappa shape index (κ1) is 8.55. The summed E-state index contributed by atoms with van der Waals surface area (Å²) in [6, 6.07) is 6.53. The molecule has 0 aromatic heterocycles. The summed E-state index contributed by atoms with van der Waals surface area (Å²) >= 11 is 0. The lowest BCUT2D eigenvalue weighted by Crippen LogP contribution is -2.17. The standard InChI is InChI=1S/C9H8N2O3/c10-6-3-1-5(2-4-6)7-8(12)11-14-9(7)13/h1-4,7H,10H2,(H,11,12). The second-order valence-corrected chi connectivity index (χ2v) is 2.99. The number of nitrogens with two attached hydrogens (primary N) is 1. The van der Waals surface area contributed by atoms with Crippen LogP contribution in [-0.4, -0.2) is 11.9 Å². The number of hydrogen-bond donors (Lipinski definition) is 2. The molecule has 0 aliphatic carbocycles. The van der Waals surface area contributed by atoms with Gasteiger partial charge >= 0.3 is 5.97 Å². The highest BCUT2D eigenvalue weighted by molar-refractivity contribution is 6.06. The molecule has 72 valence electrons. The van der Waals surface area contributed by atoms with Gasteiger partial charge in [0.1, 0.15) is 0 Å². The molecule has 3 N–H and O–H groups in total. The maximum absolute atomic E-state index is 11.2. The summed E-state index contributed by atoms with van der Waals surface area (Å²) in [5.41, 5.74) is 8.66. The third kappa shape index (κ3) is 1.28. The lowest BCUT2D eigenvalue weighted by Gasteiger charge is -2.02. The molecule has 1 unspecified atom stereocenters. The van der Waals surface area contributed by atoms with Gasteiger partial charge in [0.25, 0.3) is 5.91 Å². The van der Waals surface area contributed by atoms with Crippen LogP contribution >= 0.6 is 0 Å². The van der Waals surface area contributed by atoms with Crippen LogP contribution in [0.2, 0.25) is 0 Å². The Morgan fingerprint density at radius 3 is 2.36 bits per heavy atom. The second-order valence-electron chi connectivity index (χ2n) is 2.99. The van der Waals surface area contributed by atoms with Crippen molar-refractivity contribution in [2.24, 2.45) is 0 Å². The van der Waals surface area contributed by atoms with Crippen molar-refractivity contribution in [1.29, 1.82) is 0 Å². The van der Waals surface area contributed by atoms with Crippen molar-refractivity contribution in [2.45, 2.75) is 5.92 Å². The van der Waals surface area contributed by atoms with Crippen LogP contribution in [0.15, 0.2) is 24.3 Å². The van der Waals surface area contributed by atoms with Crippen LogP contribution in [0.4, 0.5) is 5.69 Å². The number of hydroxylamine groups is 1. The lowest BCUT2D eigenvalue weighted by atomic mass is 9.99. The van der Waals surface area contributed by atoms with Crippen molar-refractivity contribution in [1.82, 2.24) is 5.48 Å². The summed E-state index contributed by atoms with van der Waals surface area (Å²) in [4.78, 5) is 26.7. The number of nitrogens with one attached hydrogen (secondary N) is 1. The van der Waals surface area contributed by atoms with Gasteiger partial charge in [-0.15, -0.1) is 0 Å². The third-order valence-corrected chi connectivity index (χ3v) is 2.02. The smallest absolute Gasteiger partial charge is 0.349 e. The van der Waals surface area contributed by atoms with Crippen LogP contribution in [0, 0.1) is 0 Å². The fourth-order valence-corrected chi connectivity index (χ4v) is 1.30. The molecule has 1 aromatic rings. The molecule has 5 nitrogen and oxygen atoms in total. The summed E-state index contributed by atoms with van der Waals surface area (Å²) in [6.07, 6.45) is 0. The molecule has 5 heteroatoms. The fraction of sp³-hybridized carbons (Fsp3) is 0.111. The Kier molecular flexibility index (Phi) is 1.85. The van der Waals surface area contributed by atoms with Crippen molar-refractivity contribution in [3.8, 4) is 0 Å². The van der Waals surface area contributed by atoms with Gasteiger partial charge in [0, 0.05) is 5.69 Å². The Labute approximate surface area is 79.8 Å². The fourth-order valence-electron chi connectivity index (χ4n) is 1.30. The topological polar surface area (TPSA) is 81.4 Å². The Morgan fingerprint density at radius 2 is 1.86 bits per heavy atom. The zero-order chi connectivity index (χ0) is 10.1. The van der Waals surface area contributed by atoms with Crippen molar-refractivity contribution in [3.63, 3.8) is 0 Å². The monoisotopic (exact) mass is 192 g/mol. The van der Waals surface area contributed by atoms with Crippen LogP contribution in [0.5, 0.6) is 0 Å². The van der Waals surface area contributed by atoms with Gasteiger partial charge in [-0.2, -0.15) is 5.48 Å².